The molecule has 0 radical (unpaired) electrons. The lowest BCUT2D eigenvalue weighted by Crippen LogP contribution is -2.40. The van der Waals surface area contributed by atoms with Gasteiger partial charge in [0.15, 0.2) is 0 Å². The Morgan fingerprint density at radius 1 is 1.00 bits per heavy atom. The number of likely N-dealkylation sites (tertiary alicyclic amines) is 1. The summed E-state index contributed by atoms with van der Waals surface area (Å²) in [6.45, 7) is 4.59. The molecule has 1 saturated heterocycles. The van der Waals surface area contributed by atoms with Crippen molar-refractivity contribution in [2.24, 2.45) is 5.92 Å². The van der Waals surface area contributed by atoms with Crippen LogP contribution >= 0.6 is 0 Å². The molecule has 0 N–H and O–H groups in total. The molecule has 28 heavy (non-hydrogen) atoms. The Balaban J connectivity index is 1.20. The van der Waals surface area contributed by atoms with Crippen LogP contribution in [0.2, 0.25) is 0 Å². The molecule has 2 aliphatic rings. The molecule has 2 aromatic rings. The van der Waals surface area contributed by atoms with Gasteiger partial charge in [-0.1, -0.05) is 0 Å². The van der Waals surface area contributed by atoms with E-state index in [1.54, 1.807) is 18.2 Å². The van der Waals surface area contributed by atoms with Gasteiger partial charge in [-0.3, -0.25) is 9.69 Å². The summed E-state index contributed by atoms with van der Waals surface area (Å²) in [6.07, 6.45) is 2.07. The van der Waals surface area contributed by atoms with Gasteiger partial charge in [0.05, 0.1) is 0 Å². The van der Waals surface area contributed by atoms with Crippen LogP contribution in [-0.4, -0.2) is 48.5 Å². The number of hydrogen-bond donors (Lipinski definition) is 0. The number of hydrogen-bond acceptors (Lipinski definition) is 3. The van der Waals surface area contributed by atoms with Crippen LogP contribution in [0, 0.1) is 17.6 Å². The SMILES string of the molecule is O=C1c2ccc(F)cc2CN1CC1CCN(CCOc2ccc(F)cc2)CC1. The van der Waals surface area contributed by atoms with Crippen molar-refractivity contribution in [2.45, 2.75) is 19.4 Å². The molecule has 148 valence electrons. The van der Waals surface area contributed by atoms with Gasteiger partial charge < -0.3 is 9.64 Å². The largest absolute Gasteiger partial charge is 0.492 e. The molecule has 2 heterocycles. The van der Waals surface area contributed by atoms with Crippen molar-refractivity contribution >= 4 is 5.91 Å². The van der Waals surface area contributed by atoms with E-state index in [0.29, 0.717) is 30.4 Å². The van der Waals surface area contributed by atoms with Gasteiger partial charge in [-0.05, 0) is 79.9 Å². The van der Waals surface area contributed by atoms with E-state index in [-0.39, 0.29) is 17.5 Å². The first-order valence-electron chi connectivity index (χ1n) is 9.77. The highest BCUT2D eigenvalue weighted by Gasteiger charge is 2.30. The zero-order valence-electron chi connectivity index (χ0n) is 15.7. The van der Waals surface area contributed by atoms with Gasteiger partial charge in [-0.15, -0.1) is 0 Å². The normalized spacial score (nSPS) is 17.8. The van der Waals surface area contributed by atoms with Crippen LogP contribution in [0.25, 0.3) is 0 Å². The van der Waals surface area contributed by atoms with Crippen LogP contribution in [-0.2, 0) is 6.54 Å². The molecule has 6 heteroatoms. The first-order chi connectivity index (χ1) is 13.6. The molecule has 1 fully saturated rings. The summed E-state index contributed by atoms with van der Waals surface area (Å²) in [7, 11) is 0. The Hall–Kier alpha value is -2.47. The number of amides is 1. The molecule has 0 spiro atoms. The fraction of sp³-hybridized carbons (Fsp3) is 0.409. The van der Waals surface area contributed by atoms with Crippen molar-refractivity contribution in [3.63, 3.8) is 0 Å². The van der Waals surface area contributed by atoms with Crippen molar-refractivity contribution in [1.29, 1.82) is 0 Å². The zero-order valence-corrected chi connectivity index (χ0v) is 15.7. The van der Waals surface area contributed by atoms with E-state index in [0.717, 1.165) is 44.6 Å². The monoisotopic (exact) mass is 386 g/mol. The molecule has 0 atom stereocenters. The summed E-state index contributed by atoms with van der Waals surface area (Å²) in [5.41, 5.74) is 1.43. The van der Waals surface area contributed by atoms with E-state index in [9.17, 15) is 13.6 Å². The standard InChI is InChI=1S/C22H24F2N2O2/c23-18-1-4-20(5-2-18)28-12-11-25-9-7-16(8-10-25)14-26-15-17-13-19(24)3-6-21(17)22(26)27/h1-6,13,16H,7-12,14-15H2. The predicted molar refractivity (Wildman–Crippen MR) is 102 cm³/mol. The third kappa shape index (κ3) is 4.33. The van der Waals surface area contributed by atoms with Crippen LogP contribution in [0.4, 0.5) is 8.78 Å². The average molecular weight is 386 g/mol. The minimum absolute atomic E-state index is 0.0186. The van der Waals surface area contributed by atoms with Crippen LogP contribution in [0.3, 0.4) is 0 Å². The number of carbonyl (C=O) groups is 1. The third-order valence-corrected chi connectivity index (χ3v) is 5.62. The molecule has 2 aliphatic heterocycles. The number of ether oxygens (including phenoxy) is 1. The van der Waals surface area contributed by atoms with E-state index >= 15 is 0 Å². The molecule has 4 rings (SSSR count). The number of rotatable bonds is 6. The second-order valence-electron chi connectivity index (χ2n) is 7.57. The van der Waals surface area contributed by atoms with Gasteiger partial charge in [-0.2, -0.15) is 0 Å². The maximum absolute atomic E-state index is 13.4. The van der Waals surface area contributed by atoms with Crippen LogP contribution in [0.5, 0.6) is 5.75 Å². The van der Waals surface area contributed by atoms with Crippen molar-refractivity contribution in [1.82, 2.24) is 9.80 Å². The minimum Gasteiger partial charge on any atom is -0.492 e. The molecule has 2 aromatic carbocycles. The lowest BCUT2D eigenvalue weighted by molar-refractivity contribution is 0.0708. The minimum atomic E-state index is -0.287. The number of benzene rings is 2. The fourth-order valence-electron chi connectivity index (χ4n) is 4.02. The Bertz CT molecular complexity index is 833. The summed E-state index contributed by atoms with van der Waals surface area (Å²) < 4.78 is 31.9. The van der Waals surface area contributed by atoms with Crippen molar-refractivity contribution in [3.8, 4) is 5.75 Å². The third-order valence-electron chi connectivity index (χ3n) is 5.62. The van der Waals surface area contributed by atoms with Crippen molar-refractivity contribution in [3.05, 3.63) is 65.2 Å². The molecule has 0 aliphatic carbocycles. The molecular formula is C22H24F2N2O2. The molecule has 4 nitrogen and oxygen atoms in total. The number of nitrogens with zero attached hydrogens (tertiary/aromatic N) is 2. The van der Waals surface area contributed by atoms with E-state index in [2.05, 4.69) is 4.90 Å². The highest BCUT2D eigenvalue weighted by Crippen LogP contribution is 2.27. The van der Waals surface area contributed by atoms with Gasteiger partial charge >= 0.3 is 0 Å². The molecule has 0 unspecified atom stereocenters. The quantitative estimate of drug-likeness (QED) is 0.759. The summed E-state index contributed by atoms with van der Waals surface area (Å²) in [5, 5.41) is 0. The highest BCUT2D eigenvalue weighted by atomic mass is 19.1. The smallest absolute Gasteiger partial charge is 0.254 e. The topological polar surface area (TPSA) is 32.8 Å². The second-order valence-corrected chi connectivity index (χ2v) is 7.57. The number of halogens is 2. The molecular weight excluding hydrogens is 362 g/mol. The van der Waals surface area contributed by atoms with Crippen molar-refractivity contribution < 1.29 is 18.3 Å². The van der Waals surface area contributed by atoms with Crippen molar-refractivity contribution in [2.75, 3.05) is 32.8 Å². The molecule has 1 amide bonds. The number of carbonyl (C=O) groups excluding carboxylic acids is 1. The number of piperidine rings is 1. The van der Waals surface area contributed by atoms with E-state index in [1.807, 2.05) is 4.90 Å². The Morgan fingerprint density at radius 2 is 1.71 bits per heavy atom. The summed E-state index contributed by atoms with van der Waals surface area (Å²) in [5.74, 6) is 0.617. The maximum Gasteiger partial charge on any atom is 0.254 e. The fourth-order valence-corrected chi connectivity index (χ4v) is 4.02. The zero-order chi connectivity index (χ0) is 19.5. The van der Waals surface area contributed by atoms with Gasteiger partial charge in [0.1, 0.15) is 24.0 Å². The van der Waals surface area contributed by atoms with Crippen LogP contribution in [0.1, 0.15) is 28.8 Å². The molecule has 0 bridgehead atoms. The molecule has 0 aromatic heterocycles. The van der Waals surface area contributed by atoms with Gasteiger partial charge in [0.2, 0.25) is 0 Å². The summed E-state index contributed by atoms with van der Waals surface area (Å²) in [6, 6.07) is 10.5. The summed E-state index contributed by atoms with van der Waals surface area (Å²) in [4.78, 5) is 16.7. The lowest BCUT2D eigenvalue weighted by atomic mass is 9.96. The predicted octanol–water partition coefficient (Wildman–Crippen LogP) is 3.71. The van der Waals surface area contributed by atoms with Crippen LogP contribution < -0.4 is 4.74 Å². The van der Waals surface area contributed by atoms with Gasteiger partial charge in [0, 0.05) is 25.2 Å². The highest BCUT2D eigenvalue weighted by molar-refractivity contribution is 5.98. The summed E-state index contributed by atoms with van der Waals surface area (Å²) >= 11 is 0. The van der Waals surface area contributed by atoms with Gasteiger partial charge in [-0.25, -0.2) is 8.78 Å². The second kappa shape index (κ2) is 8.27. The average Bonchev–Trinajstić information content (AvgIpc) is 2.99. The van der Waals surface area contributed by atoms with Gasteiger partial charge in [0.25, 0.3) is 5.91 Å². The molecule has 0 saturated carbocycles. The Labute approximate surface area is 163 Å². The van der Waals surface area contributed by atoms with E-state index in [1.165, 1.54) is 24.3 Å². The number of fused-ring (bicyclic) bond motifs is 1. The maximum atomic E-state index is 13.4. The van der Waals surface area contributed by atoms with Crippen LogP contribution in [0.15, 0.2) is 42.5 Å². The lowest BCUT2D eigenvalue weighted by Gasteiger charge is -2.33. The Kier molecular flexibility index (Phi) is 5.57. The first kappa shape index (κ1) is 18.9. The van der Waals surface area contributed by atoms with E-state index < -0.39 is 0 Å². The first-order valence-corrected chi connectivity index (χ1v) is 9.77. The Morgan fingerprint density at radius 3 is 2.46 bits per heavy atom. The van der Waals surface area contributed by atoms with E-state index in [4.69, 9.17) is 4.74 Å².